The first kappa shape index (κ1) is 23.5. The first-order chi connectivity index (χ1) is 18.2. The maximum Gasteiger partial charge on any atom is 0.227 e. The van der Waals surface area contributed by atoms with Crippen LogP contribution in [0, 0.1) is 0 Å². The van der Waals surface area contributed by atoms with Crippen molar-refractivity contribution in [1.82, 2.24) is 9.88 Å². The number of hydrogen-bond donors (Lipinski definition) is 2. The Morgan fingerprint density at radius 2 is 1.68 bits per heavy atom. The van der Waals surface area contributed by atoms with Crippen LogP contribution in [0.25, 0.3) is 10.9 Å². The topological polar surface area (TPSA) is 71.9 Å². The second-order valence-electron chi connectivity index (χ2n) is 10.1. The average Bonchev–Trinajstić information content (AvgIpc) is 3.51. The fraction of sp³-hybridized carbons (Fsp3) is 0.290. The molecule has 0 aliphatic carbocycles. The van der Waals surface area contributed by atoms with Crippen molar-refractivity contribution in [2.75, 3.05) is 24.5 Å². The van der Waals surface area contributed by atoms with E-state index in [1.54, 1.807) is 0 Å². The summed E-state index contributed by atoms with van der Waals surface area (Å²) in [7, 11) is 0. The van der Waals surface area contributed by atoms with Crippen LogP contribution < -0.4 is 4.90 Å². The molecule has 2 fully saturated rings. The standard InChI is InChI=1S/C31H32N4O2/c36-28-10-7-19-35(28)25-15-16-27-26(20-25)29(31(37)33-27)30(23-8-3-1-4-9-23)32-24-13-11-22(12-14-24)21-34-17-5-2-6-18-34/h1,3-4,8-9,11-16,20,33,37H,2,5-7,10,17-19,21H2. The molecule has 2 aliphatic heterocycles. The molecule has 6 heteroatoms. The molecule has 0 saturated carbocycles. The minimum Gasteiger partial charge on any atom is -0.494 e. The summed E-state index contributed by atoms with van der Waals surface area (Å²) in [6, 6.07) is 24.2. The van der Waals surface area contributed by atoms with Crippen LogP contribution in [0.3, 0.4) is 0 Å². The summed E-state index contributed by atoms with van der Waals surface area (Å²) in [5, 5.41) is 11.9. The number of aliphatic imine (C=N–C) groups is 1. The van der Waals surface area contributed by atoms with Crippen LogP contribution in [0.2, 0.25) is 0 Å². The van der Waals surface area contributed by atoms with Gasteiger partial charge >= 0.3 is 0 Å². The van der Waals surface area contributed by atoms with Crippen molar-refractivity contribution in [3.8, 4) is 5.88 Å². The molecule has 2 saturated heterocycles. The van der Waals surface area contributed by atoms with Crippen molar-refractivity contribution in [2.24, 2.45) is 4.99 Å². The maximum atomic E-state index is 12.4. The van der Waals surface area contributed by atoms with Gasteiger partial charge in [0.05, 0.1) is 17.0 Å². The number of aromatic hydroxyl groups is 1. The van der Waals surface area contributed by atoms with E-state index in [-0.39, 0.29) is 11.8 Å². The highest BCUT2D eigenvalue weighted by molar-refractivity contribution is 6.22. The van der Waals surface area contributed by atoms with Gasteiger partial charge in [0.25, 0.3) is 0 Å². The van der Waals surface area contributed by atoms with Crippen LogP contribution in [-0.4, -0.2) is 46.2 Å². The molecule has 1 amide bonds. The zero-order valence-electron chi connectivity index (χ0n) is 21.0. The normalized spacial score (nSPS) is 17.1. The predicted molar refractivity (Wildman–Crippen MR) is 149 cm³/mol. The summed E-state index contributed by atoms with van der Waals surface area (Å²) in [6.45, 7) is 4.03. The van der Waals surface area contributed by atoms with Crippen molar-refractivity contribution >= 4 is 33.9 Å². The number of hydrogen-bond acceptors (Lipinski definition) is 4. The molecule has 3 heterocycles. The van der Waals surface area contributed by atoms with Crippen LogP contribution >= 0.6 is 0 Å². The molecule has 6 rings (SSSR count). The van der Waals surface area contributed by atoms with Crippen molar-refractivity contribution in [3.63, 3.8) is 0 Å². The van der Waals surface area contributed by atoms with Crippen molar-refractivity contribution in [2.45, 2.75) is 38.6 Å². The van der Waals surface area contributed by atoms with Crippen LogP contribution in [0.1, 0.15) is 48.8 Å². The lowest BCUT2D eigenvalue weighted by atomic mass is 10.00. The number of nitrogens with zero attached hydrogens (tertiary/aromatic N) is 3. The molecule has 3 aromatic carbocycles. The number of H-pyrrole nitrogens is 1. The number of aromatic nitrogens is 1. The van der Waals surface area contributed by atoms with Crippen LogP contribution in [0.15, 0.2) is 77.8 Å². The first-order valence-electron chi connectivity index (χ1n) is 13.3. The van der Waals surface area contributed by atoms with E-state index in [2.05, 4.69) is 34.1 Å². The highest BCUT2D eigenvalue weighted by Crippen LogP contribution is 2.35. The predicted octanol–water partition coefficient (Wildman–Crippen LogP) is 6.16. The van der Waals surface area contributed by atoms with E-state index >= 15 is 0 Å². The largest absolute Gasteiger partial charge is 0.494 e. The molecule has 2 N–H and O–H groups in total. The van der Waals surface area contributed by atoms with Gasteiger partial charge < -0.3 is 15.0 Å². The molecule has 4 aromatic rings. The number of amides is 1. The monoisotopic (exact) mass is 492 g/mol. The Balaban J connectivity index is 1.40. The molecule has 0 spiro atoms. The molecule has 188 valence electrons. The quantitative estimate of drug-likeness (QED) is 0.317. The highest BCUT2D eigenvalue weighted by atomic mass is 16.3. The lowest BCUT2D eigenvalue weighted by Crippen LogP contribution is -2.28. The fourth-order valence-corrected chi connectivity index (χ4v) is 5.54. The lowest BCUT2D eigenvalue weighted by molar-refractivity contribution is -0.117. The number of anilines is 1. The number of likely N-dealkylation sites (tertiary alicyclic amines) is 1. The van der Waals surface area contributed by atoms with Crippen LogP contribution in [0.4, 0.5) is 11.4 Å². The molecular formula is C31H32N4O2. The van der Waals surface area contributed by atoms with E-state index in [9.17, 15) is 9.90 Å². The van der Waals surface area contributed by atoms with Gasteiger partial charge in [-0.1, -0.05) is 48.9 Å². The van der Waals surface area contributed by atoms with E-state index < -0.39 is 0 Å². The van der Waals surface area contributed by atoms with Crippen LogP contribution in [0.5, 0.6) is 5.88 Å². The smallest absolute Gasteiger partial charge is 0.227 e. The van der Waals surface area contributed by atoms with E-state index in [0.717, 1.165) is 47.4 Å². The number of benzene rings is 3. The second-order valence-corrected chi connectivity index (χ2v) is 10.1. The average molecular weight is 493 g/mol. The van der Waals surface area contributed by atoms with Gasteiger partial charge in [-0.3, -0.25) is 9.69 Å². The molecule has 0 bridgehead atoms. The number of carbonyl (C=O) groups is 1. The number of piperidine rings is 1. The van der Waals surface area contributed by atoms with E-state index in [1.165, 1.54) is 37.9 Å². The molecule has 0 atom stereocenters. The fourth-order valence-electron chi connectivity index (χ4n) is 5.54. The van der Waals surface area contributed by atoms with Gasteiger partial charge in [0, 0.05) is 41.7 Å². The van der Waals surface area contributed by atoms with Gasteiger partial charge in [0.2, 0.25) is 5.91 Å². The molecule has 0 unspecified atom stereocenters. The number of rotatable bonds is 6. The Hall–Kier alpha value is -3.90. The van der Waals surface area contributed by atoms with E-state index in [0.29, 0.717) is 17.7 Å². The zero-order valence-corrected chi connectivity index (χ0v) is 21.0. The molecular weight excluding hydrogens is 460 g/mol. The molecule has 0 radical (unpaired) electrons. The number of aromatic amines is 1. The Morgan fingerprint density at radius 3 is 2.41 bits per heavy atom. The van der Waals surface area contributed by atoms with Gasteiger partial charge in [-0.15, -0.1) is 0 Å². The molecule has 6 nitrogen and oxygen atoms in total. The summed E-state index contributed by atoms with van der Waals surface area (Å²) in [5.41, 5.74) is 6.04. The first-order valence-corrected chi connectivity index (χ1v) is 13.3. The summed E-state index contributed by atoms with van der Waals surface area (Å²) in [4.78, 5) is 24.9. The van der Waals surface area contributed by atoms with Crippen molar-refractivity contribution in [1.29, 1.82) is 0 Å². The molecule has 1 aromatic heterocycles. The lowest BCUT2D eigenvalue weighted by Gasteiger charge is -2.26. The van der Waals surface area contributed by atoms with Crippen LogP contribution in [-0.2, 0) is 11.3 Å². The second kappa shape index (κ2) is 10.2. The number of fused-ring (bicyclic) bond motifs is 1. The third-order valence-corrected chi connectivity index (χ3v) is 7.46. The molecule has 37 heavy (non-hydrogen) atoms. The molecule has 2 aliphatic rings. The van der Waals surface area contributed by atoms with Crippen molar-refractivity contribution < 1.29 is 9.90 Å². The summed E-state index contributed by atoms with van der Waals surface area (Å²) < 4.78 is 0. The minimum absolute atomic E-state index is 0.0734. The van der Waals surface area contributed by atoms with Gasteiger partial charge in [-0.2, -0.15) is 0 Å². The third kappa shape index (κ3) is 4.89. The van der Waals surface area contributed by atoms with E-state index in [1.807, 2.05) is 53.4 Å². The summed E-state index contributed by atoms with van der Waals surface area (Å²) >= 11 is 0. The van der Waals surface area contributed by atoms with Crippen molar-refractivity contribution in [3.05, 3.63) is 89.5 Å². The minimum atomic E-state index is 0.0734. The van der Waals surface area contributed by atoms with Gasteiger partial charge in [-0.25, -0.2) is 4.99 Å². The van der Waals surface area contributed by atoms with E-state index in [4.69, 9.17) is 4.99 Å². The number of carbonyl (C=O) groups excluding carboxylic acids is 1. The Labute approximate surface area is 217 Å². The van der Waals surface area contributed by atoms with Gasteiger partial charge in [0.1, 0.15) is 0 Å². The summed E-state index contributed by atoms with van der Waals surface area (Å²) in [5.74, 6) is 0.214. The Bertz CT molecular complexity index is 1430. The van der Waals surface area contributed by atoms with Gasteiger partial charge in [-0.05, 0) is 68.2 Å². The Kier molecular flexibility index (Phi) is 6.49. The summed E-state index contributed by atoms with van der Waals surface area (Å²) in [6.07, 6.45) is 5.35. The maximum absolute atomic E-state index is 12.4. The highest BCUT2D eigenvalue weighted by Gasteiger charge is 2.24. The zero-order chi connectivity index (χ0) is 25.2. The number of nitrogens with one attached hydrogen (secondary N) is 1. The SMILES string of the molecule is O=C1CCCN1c1ccc2[nH]c(O)c(C(=Nc3ccc(CN4CCCCC4)cc3)c3ccccc3)c2c1. The third-order valence-electron chi connectivity index (χ3n) is 7.46. The Morgan fingerprint density at radius 1 is 0.892 bits per heavy atom. The van der Waals surface area contributed by atoms with Gasteiger partial charge in [0.15, 0.2) is 5.88 Å².